The lowest BCUT2D eigenvalue weighted by Gasteiger charge is -2.17. The third-order valence-corrected chi connectivity index (χ3v) is 0.961. The van der Waals surface area contributed by atoms with E-state index < -0.39 is 12.3 Å². The van der Waals surface area contributed by atoms with Gasteiger partial charge in [0, 0.05) is 6.04 Å². The molecule has 0 rings (SSSR count). The quantitative estimate of drug-likeness (QED) is 0.463. The van der Waals surface area contributed by atoms with E-state index in [2.05, 4.69) is 5.32 Å². The van der Waals surface area contributed by atoms with Gasteiger partial charge in [0.25, 0.3) is 0 Å². The van der Waals surface area contributed by atoms with Crippen LogP contribution >= 0.6 is 0 Å². The lowest BCUT2D eigenvalue weighted by atomic mass is 10.3. The largest absolute Gasteiger partial charge is 0.389 e. The second-order valence-corrected chi connectivity index (χ2v) is 2.51. The van der Waals surface area contributed by atoms with Gasteiger partial charge in [0.15, 0.2) is 0 Å². The molecule has 0 heterocycles. The van der Waals surface area contributed by atoms with E-state index in [4.69, 9.17) is 10.2 Å². The van der Waals surface area contributed by atoms with Crippen LogP contribution in [0.4, 0.5) is 0 Å². The summed E-state index contributed by atoms with van der Waals surface area (Å²) >= 11 is 0. The molecule has 0 radical (unpaired) electrons. The average molecular weight is 133 g/mol. The van der Waals surface area contributed by atoms with Gasteiger partial charge < -0.3 is 10.2 Å². The molecule has 3 nitrogen and oxygen atoms in total. The Morgan fingerprint density at radius 3 is 1.67 bits per heavy atom. The molecule has 3 heteroatoms. The number of hydrogen-bond donors (Lipinski definition) is 3. The first kappa shape index (κ1) is 8.88. The monoisotopic (exact) mass is 133 g/mol. The molecule has 0 aliphatic heterocycles. The van der Waals surface area contributed by atoms with Crippen LogP contribution in [0.5, 0.6) is 0 Å². The predicted molar refractivity (Wildman–Crippen MR) is 36.0 cm³/mol. The van der Waals surface area contributed by atoms with Crippen LogP contribution in [0.1, 0.15) is 20.8 Å². The summed E-state index contributed by atoms with van der Waals surface area (Å²) in [6.45, 7) is 5.36. The van der Waals surface area contributed by atoms with Gasteiger partial charge in [-0.1, -0.05) is 0 Å². The number of rotatable bonds is 3. The molecule has 0 aliphatic carbocycles. The summed E-state index contributed by atoms with van der Waals surface area (Å²) in [4.78, 5) is 0. The summed E-state index contributed by atoms with van der Waals surface area (Å²) in [5, 5.41) is 20.4. The van der Waals surface area contributed by atoms with Crippen LogP contribution in [0.3, 0.4) is 0 Å². The van der Waals surface area contributed by atoms with E-state index in [9.17, 15) is 0 Å². The zero-order chi connectivity index (χ0) is 7.44. The second-order valence-electron chi connectivity index (χ2n) is 2.51. The van der Waals surface area contributed by atoms with Crippen LogP contribution in [-0.2, 0) is 0 Å². The van der Waals surface area contributed by atoms with Gasteiger partial charge in [0.1, 0.15) is 6.23 Å². The van der Waals surface area contributed by atoms with Gasteiger partial charge in [0.2, 0.25) is 0 Å². The third kappa shape index (κ3) is 4.39. The Labute approximate surface area is 55.7 Å². The molecule has 0 aromatic rings. The summed E-state index contributed by atoms with van der Waals surface area (Å²) in [6, 6.07) is 0.203. The SMILES string of the molecule is CC(C)NC(O)C(C)O. The molecule has 3 N–H and O–H groups in total. The maximum atomic E-state index is 8.94. The van der Waals surface area contributed by atoms with Crippen LogP contribution in [0.25, 0.3) is 0 Å². The first-order chi connectivity index (χ1) is 4.04. The fraction of sp³-hybridized carbons (Fsp3) is 1.00. The van der Waals surface area contributed by atoms with Crippen molar-refractivity contribution in [1.82, 2.24) is 5.32 Å². The van der Waals surface area contributed by atoms with Crippen LogP contribution in [0.15, 0.2) is 0 Å². The fourth-order valence-electron chi connectivity index (χ4n) is 0.481. The minimum Gasteiger partial charge on any atom is -0.389 e. The maximum Gasteiger partial charge on any atom is 0.131 e. The smallest absolute Gasteiger partial charge is 0.131 e. The van der Waals surface area contributed by atoms with Gasteiger partial charge in [-0.2, -0.15) is 0 Å². The predicted octanol–water partition coefficient (Wildman–Crippen LogP) is -0.316. The molecule has 9 heavy (non-hydrogen) atoms. The van der Waals surface area contributed by atoms with Crippen molar-refractivity contribution < 1.29 is 10.2 Å². The Kier molecular flexibility index (Phi) is 3.77. The van der Waals surface area contributed by atoms with Crippen LogP contribution in [-0.4, -0.2) is 28.6 Å². The minimum atomic E-state index is -0.801. The number of hydrogen-bond acceptors (Lipinski definition) is 3. The molecule has 0 amide bonds. The van der Waals surface area contributed by atoms with Gasteiger partial charge in [-0.05, 0) is 20.8 Å². The van der Waals surface area contributed by atoms with Crippen molar-refractivity contribution in [1.29, 1.82) is 0 Å². The van der Waals surface area contributed by atoms with E-state index in [1.807, 2.05) is 13.8 Å². The first-order valence-electron chi connectivity index (χ1n) is 3.16. The molecule has 0 saturated carbocycles. The van der Waals surface area contributed by atoms with Crippen LogP contribution in [0.2, 0.25) is 0 Å². The Hall–Kier alpha value is -0.120. The highest BCUT2D eigenvalue weighted by Crippen LogP contribution is 1.88. The lowest BCUT2D eigenvalue weighted by Crippen LogP contribution is -2.41. The molecule has 2 unspecified atom stereocenters. The highest BCUT2D eigenvalue weighted by atomic mass is 16.3. The topological polar surface area (TPSA) is 52.5 Å². The third-order valence-electron chi connectivity index (χ3n) is 0.961. The van der Waals surface area contributed by atoms with Crippen molar-refractivity contribution in [3.05, 3.63) is 0 Å². The van der Waals surface area contributed by atoms with E-state index in [0.717, 1.165) is 0 Å². The van der Waals surface area contributed by atoms with Gasteiger partial charge in [-0.15, -0.1) is 0 Å². The fourth-order valence-corrected chi connectivity index (χ4v) is 0.481. The Morgan fingerprint density at radius 2 is 1.56 bits per heavy atom. The Morgan fingerprint density at radius 1 is 1.11 bits per heavy atom. The molecule has 56 valence electrons. The van der Waals surface area contributed by atoms with E-state index in [-0.39, 0.29) is 6.04 Å². The van der Waals surface area contributed by atoms with E-state index in [1.54, 1.807) is 6.92 Å². The Bertz CT molecular complexity index is 73.5. The molecule has 0 spiro atoms. The molecule has 0 saturated heterocycles. The van der Waals surface area contributed by atoms with Crippen molar-refractivity contribution in [2.75, 3.05) is 0 Å². The van der Waals surface area contributed by atoms with Crippen molar-refractivity contribution in [3.63, 3.8) is 0 Å². The highest BCUT2D eigenvalue weighted by Gasteiger charge is 2.09. The van der Waals surface area contributed by atoms with E-state index >= 15 is 0 Å². The Balaban J connectivity index is 3.38. The van der Waals surface area contributed by atoms with Crippen molar-refractivity contribution >= 4 is 0 Å². The van der Waals surface area contributed by atoms with Gasteiger partial charge in [-0.3, -0.25) is 5.32 Å². The molecular formula is C6H15NO2. The minimum absolute atomic E-state index is 0.203. The number of aliphatic hydroxyl groups excluding tert-OH is 2. The van der Waals surface area contributed by atoms with E-state index in [0.29, 0.717) is 0 Å². The molecule has 0 fully saturated rings. The summed E-state index contributed by atoms with van der Waals surface area (Å²) in [5.41, 5.74) is 0. The molecule has 0 bridgehead atoms. The summed E-state index contributed by atoms with van der Waals surface area (Å²) < 4.78 is 0. The second kappa shape index (κ2) is 3.82. The summed E-state index contributed by atoms with van der Waals surface area (Å²) in [6.07, 6.45) is -1.50. The lowest BCUT2D eigenvalue weighted by molar-refractivity contribution is 0.00426. The molecule has 0 aromatic carbocycles. The van der Waals surface area contributed by atoms with Gasteiger partial charge in [0.05, 0.1) is 6.10 Å². The standard InChI is InChI=1S/C6H15NO2/c1-4(2)7-6(9)5(3)8/h4-9H,1-3H3. The van der Waals surface area contributed by atoms with Crippen molar-refractivity contribution in [2.45, 2.75) is 39.1 Å². The average Bonchev–Trinajstić information content (AvgIpc) is 1.63. The molecule has 0 aromatic heterocycles. The zero-order valence-corrected chi connectivity index (χ0v) is 6.13. The maximum absolute atomic E-state index is 8.94. The van der Waals surface area contributed by atoms with Crippen molar-refractivity contribution in [2.24, 2.45) is 0 Å². The summed E-state index contributed by atoms with van der Waals surface area (Å²) in [5.74, 6) is 0. The van der Waals surface area contributed by atoms with Crippen LogP contribution < -0.4 is 5.32 Å². The first-order valence-corrected chi connectivity index (χ1v) is 3.16. The number of aliphatic hydroxyl groups is 2. The van der Waals surface area contributed by atoms with Gasteiger partial charge >= 0.3 is 0 Å². The van der Waals surface area contributed by atoms with Gasteiger partial charge in [-0.25, -0.2) is 0 Å². The highest BCUT2D eigenvalue weighted by molar-refractivity contribution is 4.61. The zero-order valence-electron chi connectivity index (χ0n) is 6.13. The molecule has 2 atom stereocenters. The normalized spacial score (nSPS) is 18.0. The van der Waals surface area contributed by atoms with Crippen LogP contribution in [0, 0.1) is 0 Å². The number of nitrogens with one attached hydrogen (secondary N) is 1. The van der Waals surface area contributed by atoms with E-state index in [1.165, 1.54) is 0 Å². The summed E-state index contributed by atoms with van der Waals surface area (Å²) in [7, 11) is 0. The molecular weight excluding hydrogens is 118 g/mol. The van der Waals surface area contributed by atoms with Crippen molar-refractivity contribution in [3.8, 4) is 0 Å². The molecule has 0 aliphatic rings.